The van der Waals surface area contributed by atoms with E-state index in [4.69, 9.17) is 14.2 Å². The minimum atomic E-state index is -1.18. The molecule has 40 heavy (non-hydrogen) atoms. The lowest BCUT2D eigenvalue weighted by atomic mass is 9.93. The maximum atomic E-state index is 14.3. The quantitative estimate of drug-likeness (QED) is 0.185. The van der Waals surface area contributed by atoms with Crippen molar-refractivity contribution in [3.05, 3.63) is 88.5 Å². The number of rotatable bonds is 9. The third-order valence-electron chi connectivity index (χ3n) is 6.63. The van der Waals surface area contributed by atoms with Crippen LogP contribution in [0.25, 0.3) is 5.76 Å². The number of ketones is 1. The molecule has 1 N–H and O–H groups in total. The molecule has 1 atom stereocenters. The summed E-state index contributed by atoms with van der Waals surface area (Å²) in [6.07, 6.45) is 0. The Morgan fingerprint density at radius 2 is 1.57 bits per heavy atom. The third kappa shape index (κ3) is 5.23. The van der Waals surface area contributed by atoms with Crippen LogP contribution in [0.5, 0.6) is 17.2 Å². The highest BCUT2D eigenvalue weighted by Crippen LogP contribution is 2.45. The van der Waals surface area contributed by atoms with Gasteiger partial charge in [0.25, 0.3) is 11.7 Å². The van der Waals surface area contributed by atoms with Crippen LogP contribution in [0, 0.1) is 11.6 Å². The highest BCUT2D eigenvalue weighted by atomic mass is 19.2. The number of carbonyl (C=O) groups is 2. The maximum absolute atomic E-state index is 14.3. The van der Waals surface area contributed by atoms with Gasteiger partial charge < -0.3 is 19.3 Å². The van der Waals surface area contributed by atoms with Gasteiger partial charge in [-0.05, 0) is 73.4 Å². The Hall–Kier alpha value is -4.40. The third-order valence-corrected chi connectivity index (χ3v) is 6.63. The molecule has 9 heteroatoms. The van der Waals surface area contributed by atoms with E-state index in [0.29, 0.717) is 41.6 Å². The summed E-state index contributed by atoms with van der Waals surface area (Å²) in [6, 6.07) is 11.6. The number of hydrogen-bond donors (Lipinski definition) is 1. The normalized spacial score (nSPS) is 16.5. The summed E-state index contributed by atoms with van der Waals surface area (Å²) in [6.45, 7) is 8.35. The Balaban J connectivity index is 1.98. The molecule has 0 aromatic heterocycles. The number of carbonyl (C=O) groups excluding carboxylic acids is 2. The van der Waals surface area contributed by atoms with Gasteiger partial charge in [0.05, 0.1) is 31.9 Å². The number of amides is 1. The van der Waals surface area contributed by atoms with Crippen molar-refractivity contribution in [3.63, 3.8) is 0 Å². The van der Waals surface area contributed by atoms with E-state index in [1.54, 1.807) is 43.3 Å². The minimum Gasteiger partial charge on any atom is -0.507 e. The molecule has 3 aromatic rings. The van der Waals surface area contributed by atoms with Crippen LogP contribution in [0.1, 0.15) is 56.3 Å². The second kappa shape index (κ2) is 11.8. The molecule has 210 valence electrons. The Kier molecular flexibility index (Phi) is 8.42. The molecule has 0 spiro atoms. The summed E-state index contributed by atoms with van der Waals surface area (Å²) in [5, 5.41) is 11.6. The van der Waals surface area contributed by atoms with Crippen LogP contribution in [0.15, 0.2) is 60.2 Å². The molecule has 0 radical (unpaired) electrons. The number of aliphatic hydroxyl groups is 1. The lowest BCUT2D eigenvalue weighted by Gasteiger charge is -2.26. The number of benzene rings is 3. The van der Waals surface area contributed by atoms with Gasteiger partial charge in [-0.3, -0.25) is 14.5 Å². The van der Waals surface area contributed by atoms with Gasteiger partial charge in [0.1, 0.15) is 11.5 Å². The fourth-order valence-corrected chi connectivity index (χ4v) is 4.77. The molecular weight excluding hydrogens is 520 g/mol. The molecule has 0 saturated carbocycles. The number of anilines is 1. The lowest BCUT2D eigenvalue weighted by Crippen LogP contribution is -2.29. The van der Waals surface area contributed by atoms with Gasteiger partial charge in [-0.1, -0.05) is 19.9 Å². The molecular formula is C31H31F2NO6. The van der Waals surface area contributed by atoms with E-state index >= 15 is 0 Å². The van der Waals surface area contributed by atoms with E-state index in [1.807, 2.05) is 20.8 Å². The smallest absolute Gasteiger partial charge is 0.300 e. The summed E-state index contributed by atoms with van der Waals surface area (Å²) in [7, 11) is 1.48. The summed E-state index contributed by atoms with van der Waals surface area (Å²) >= 11 is 0. The van der Waals surface area contributed by atoms with E-state index < -0.39 is 35.1 Å². The molecule has 3 aromatic carbocycles. The first-order valence-electron chi connectivity index (χ1n) is 13.0. The number of halogens is 2. The second-order valence-electron chi connectivity index (χ2n) is 9.45. The zero-order chi connectivity index (χ0) is 29.1. The number of hydrogen-bond acceptors (Lipinski definition) is 6. The lowest BCUT2D eigenvalue weighted by molar-refractivity contribution is -0.132. The average molecular weight is 552 g/mol. The van der Waals surface area contributed by atoms with Crippen molar-refractivity contribution in [2.75, 3.05) is 25.2 Å². The topological polar surface area (TPSA) is 85.3 Å². The van der Waals surface area contributed by atoms with E-state index in [9.17, 15) is 23.5 Å². The SMILES string of the molecule is CCOc1cc(C2/C(=C(\O)c3ccc(OCC)c(C(C)C)c3)C(=O)C(=O)N2c2ccc(F)c(F)c2)ccc1OC. The molecule has 1 aliphatic heterocycles. The standard InChI is InChI=1S/C31H31F2NO6/c1-6-39-24-12-9-19(14-21(24)17(3)4)29(35)27-28(18-8-13-25(38-5)26(15-18)40-7-2)34(31(37)30(27)36)20-10-11-22(32)23(33)16-20/h8-17,28,35H,6-7H2,1-5H3/b29-27+. The molecule has 7 nitrogen and oxygen atoms in total. The minimum absolute atomic E-state index is 0.0324. The molecule has 0 bridgehead atoms. The van der Waals surface area contributed by atoms with Gasteiger partial charge in [-0.15, -0.1) is 0 Å². The predicted octanol–water partition coefficient (Wildman–Crippen LogP) is 6.52. The molecule has 1 unspecified atom stereocenters. The van der Waals surface area contributed by atoms with E-state index in [2.05, 4.69) is 0 Å². The Morgan fingerprint density at radius 1 is 0.900 bits per heavy atom. The number of ether oxygens (including phenoxy) is 3. The summed E-state index contributed by atoms with van der Waals surface area (Å²) in [4.78, 5) is 28.0. The van der Waals surface area contributed by atoms with Crippen LogP contribution in [-0.4, -0.2) is 37.1 Å². The van der Waals surface area contributed by atoms with Crippen LogP contribution in [0.2, 0.25) is 0 Å². The number of aliphatic hydroxyl groups excluding tert-OH is 1. The van der Waals surface area contributed by atoms with E-state index in [1.165, 1.54) is 13.2 Å². The highest BCUT2D eigenvalue weighted by molar-refractivity contribution is 6.51. The molecule has 0 aliphatic carbocycles. The monoisotopic (exact) mass is 551 g/mol. The Bertz CT molecular complexity index is 1480. The van der Waals surface area contributed by atoms with E-state index in [0.717, 1.165) is 22.6 Å². The van der Waals surface area contributed by atoms with Crippen molar-refractivity contribution in [3.8, 4) is 17.2 Å². The molecule has 1 amide bonds. The first-order valence-corrected chi connectivity index (χ1v) is 13.0. The van der Waals surface area contributed by atoms with Crippen LogP contribution >= 0.6 is 0 Å². The van der Waals surface area contributed by atoms with Crippen LogP contribution in [0.3, 0.4) is 0 Å². The van der Waals surface area contributed by atoms with E-state index in [-0.39, 0.29) is 17.2 Å². The molecule has 1 fully saturated rings. The average Bonchev–Trinajstić information content (AvgIpc) is 3.20. The first kappa shape index (κ1) is 28.6. The number of Topliss-reactive ketones (excluding diaryl/α,β-unsaturated/α-hetero) is 1. The van der Waals surface area contributed by atoms with Gasteiger partial charge in [0, 0.05) is 17.3 Å². The Labute approximate surface area is 231 Å². The van der Waals surface area contributed by atoms with Crippen LogP contribution < -0.4 is 19.1 Å². The van der Waals surface area contributed by atoms with Crippen molar-refractivity contribution in [2.45, 2.75) is 39.7 Å². The van der Waals surface area contributed by atoms with Crippen molar-refractivity contribution in [1.29, 1.82) is 0 Å². The van der Waals surface area contributed by atoms with Crippen LogP contribution in [0.4, 0.5) is 14.5 Å². The molecule has 1 saturated heterocycles. The fraction of sp³-hybridized carbons (Fsp3) is 0.290. The first-order chi connectivity index (χ1) is 19.1. The largest absolute Gasteiger partial charge is 0.507 e. The summed E-state index contributed by atoms with van der Waals surface area (Å²) in [5.41, 5.74) is 1.25. The zero-order valence-electron chi connectivity index (χ0n) is 23.0. The maximum Gasteiger partial charge on any atom is 0.300 e. The summed E-state index contributed by atoms with van der Waals surface area (Å²) < 4.78 is 44.9. The highest BCUT2D eigenvalue weighted by Gasteiger charge is 2.47. The molecule has 1 aliphatic rings. The van der Waals surface area contributed by atoms with Crippen molar-refractivity contribution in [2.24, 2.45) is 0 Å². The zero-order valence-corrected chi connectivity index (χ0v) is 23.0. The Morgan fingerprint density at radius 3 is 2.20 bits per heavy atom. The predicted molar refractivity (Wildman–Crippen MR) is 147 cm³/mol. The fourth-order valence-electron chi connectivity index (χ4n) is 4.77. The van der Waals surface area contributed by atoms with Gasteiger partial charge in [-0.2, -0.15) is 0 Å². The van der Waals surface area contributed by atoms with Gasteiger partial charge in [-0.25, -0.2) is 8.78 Å². The van der Waals surface area contributed by atoms with Gasteiger partial charge in [0.2, 0.25) is 0 Å². The van der Waals surface area contributed by atoms with Crippen molar-refractivity contribution < 1.29 is 37.7 Å². The number of nitrogens with zero attached hydrogens (tertiary/aromatic N) is 1. The van der Waals surface area contributed by atoms with Gasteiger partial charge in [0.15, 0.2) is 23.1 Å². The van der Waals surface area contributed by atoms with Crippen molar-refractivity contribution in [1.82, 2.24) is 0 Å². The summed E-state index contributed by atoms with van der Waals surface area (Å²) in [5.74, 6) is -3.22. The molecule has 1 heterocycles. The molecule has 4 rings (SSSR count). The van der Waals surface area contributed by atoms with Crippen LogP contribution in [-0.2, 0) is 9.59 Å². The second-order valence-corrected chi connectivity index (χ2v) is 9.45. The van der Waals surface area contributed by atoms with Crippen molar-refractivity contribution >= 4 is 23.1 Å². The number of methoxy groups -OCH3 is 1. The van der Waals surface area contributed by atoms with Gasteiger partial charge >= 0.3 is 0 Å².